The maximum Gasteiger partial charge on any atom is 0.390 e. The summed E-state index contributed by atoms with van der Waals surface area (Å²) in [6, 6.07) is 4.07. The van der Waals surface area contributed by atoms with Crippen LogP contribution in [0.25, 0.3) is 21.1 Å². The van der Waals surface area contributed by atoms with Gasteiger partial charge in [-0.2, -0.15) is 18.3 Å². The molecule has 7 nitrogen and oxygen atoms in total. The van der Waals surface area contributed by atoms with Gasteiger partial charge in [-0.25, -0.2) is 9.97 Å². The zero-order valence-corrected chi connectivity index (χ0v) is 20.7. The Morgan fingerprint density at radius 3 is 2.94 bits per heavy atom. The number of anilines is 2. The third-order valence-electron chi connectivity index (χ3n) is 6.31. The van der Waals surface area contributed by atoms with Crippen molar-refractivity contribution in [1.82, 2.24) is 25.1 Å². The molecule has 3 heterocycles. The molecule has 0 bridgehead atoms. The second-order valence-electron chi connectivity index (χ2n) is 8.61. The second kappa shape index (κ2) is 9.30. The fourth-order valence-electron chi connectivity index (χ4n) is 4.50. The van der Waals surface area contributed by atoms with Crippen molar-refractivity contribution in [2.45, 2.75) is 36.8 Å². The average Bonchev–Trinajstić information content (AvgIpc) is 3.44. The van der Waals surface area contributed by atoms with E-state index in [4.69, 9.17) is 0 Å². The van der Waals surface area contributed by atoms with E-state index in [2.05, 4.69) is 25.5 Å². The number of halogens is 3. The molecule has 0 fully saturated rings. The van der Waals surface area contributed by atoms with E-state index in [-0.39, 0.29) is 18.4 Å². The van der Waals surface area contributed by atoms with Gasteiger partial charge in [-0.1, -0.05) is 0 Å². The molecular formula is C23H23F3N6OS2. The van der Waals surface area contributed by atoms with Crippen LogP contribution in [0, 0.1) is 5.92 Å². The Kier molecular flexibility index (Phi) is 6.34. The highest BCUT2D eigenvalue weighted by atomic mass is 32.2. The molecule has 1 aromatic carbocycles. The smallest absolute Gasteiger partial charge is 0.345 e. The first-order valence-corrected chi connectivity index (χ1v) is 13.1. The first-order chi connectivity index (χ1) is 16.7. The molecular weight excluding hydrogens is 497 g/mol. The average molecular weight is 521 g/mol. The van der Waals surface area contributed by atoms with Crippen molar-refractivity contribution in [3.8, 4) is 0 Å². The molecule has 0 radical (unpaired) electrons. The standard InChI is InChI=1S/C23H23F3N6OS2/c1-32(6-5-23(24,25)26)22(33)12-3-4-14-17(8-12)35-21-19(14)20(27-11-28-21)30-16-7-13-10-29-31-15(13)9-18(16)34-2/h7,9-12H,3-6,8H2,1-2H3,(H,29,31)(H,27,28,30). The number of amides is 1. The van der Waals surface area contributed by atoms with E-state index in [0.717, 1.165) is 42.1 Å². The Labute approximate surface area is 207 Å². The first kappa shape index (κ1) is 23.9. The SMILES string of the molecule is CSc1cc2[nH]ncc2cc1Nc1ncnc2sc3c(c12)CCC(C(=O)N(C)CCC(F)(F)F)C3. The highest BCUT2D eigenvalue weighted by molar-refractivity contribution is 7.98. The number of rotatable bonds is 6. The number of aromatic nitrogens is 4. The van der Waals surface area contributed by atoms with Gasteiger partial charge in [0.15, 0.2) is 0 Å². The molecule has 35 heavy (non-hydrogen) atoms. The van der Waals surface area contributed by atoms with Crippen LogP contribution >= 0.6 is 23.1 Å². The molecule has 0 saturated heterocycles. The zero-order chi connectivity index (χ0) is 24.7. The van der Waals surface area contributed by atoms with Crippen LogP contribution in [0.1, 0.15) is 23.3 Å². The van der Waals surface area contributed by atoms with Crippen molar-refractivity contribution in [1.29, 1.82) is 0 Å². The van der Waals surface area contributed by atoms with Crippen LogP contribution in [0.2, 0.25) is 0 Å². The summed E-state index contributed by atoms with van der Waals surface area (Å²) in [4.78, 5) is 25.9. The highest BCUT2D eigenvalue weighted by Gasteiger charge is 2.33. The molecule has 3 aromatic heterocycles. The van der Waals surface area contributed by atoms with E-state index < -0.39 is 12.6 Å². The number of hydrogen-bond acceptors (Lipinski definition) is 7. The number of hydrogen-bond donors (Lipinski definition) is 2. The number of alkyl halides is 3. The lowest BCUT2D eigenvalue weighted by atomic mass is 9.87. The van der Waals surface area contributed by atoms with Crippen LogP contribution in [0.3, 0.4) is 0 Å². The fourth-order valence-corrected chi connectivity index (χ4v) is 6.33. The monoisotopic (exact) mass is 520 g/mol. The lowest BCUT2D eigenvalue weighted by Gasteiger charge is -2.27. The van der Waals surface area contributed by atoms with Crippen molar-refractivity contribution in [3.05, 3.63) is 35.1 Å². The van der Waals surface area contributed by atoms with E-state index in [1.807, 2.05) is 18.4 Å². The van der Waals surface area contributed by atoms with Crippen LogP contribution in [-0.4, -0.2) is 57.0 Å². The Morgan fingerprint density at radius 1 is 1.34 bits per heavy atom. The number of thiophene rings is 1. The van der Waals surface area contributed by atoms with Gasteiger partial charge in [0.1, 0.15) is 17.0 Å². The fraction of sp³-hybridized carbons (Fsp3) is 0.391. The number of fused-ring (bicyclic) bond motifs is 4. The van der Waals surface area contributed by atoms with E-state index >= 15 is 0 Å². The summed E-state index contributed by atoms with van der Waals surface area (Å²) in [6.45, 7) is -0.323. The normalized spacial score (nSPS) is 16.0. The van der Waals surface area contributed by atoms with Gasteiger partial charge in [-0.15, -0.1) is 23.1 Å². The van der Waals surface area contributed by atoms with Gasteiger partial charge in [0.2, 0.25) is 5.91 Å². The molecule has 2 N–H and O–H groups in total. The highest BCUT2D eigenvalue weighted by Crippen LogP contribution is 2.42. The second-order valence-corrected chi connectivity index (χ2v) is 10.5. The minimum absolute atomic E-state index is 0.236. The third-order valence-corrected chi connectivity index (χ3v) is 8.25. The molecule has 1 aliphatic rings. The summed E-state index contributed by atoms with van der Waals surface area (Å²) in [7, 11) is 1.45. The minimum Gasteiger partial charge on any atom is -0.345 e. The van der Waals surface area contributed by atoms with Crippen LogP contribution in [0.15, 0.2) is 29.6 Å². The Bertz CT molecular complexity index is 1400. The van der Waals surface area contributed by atoms with E-state index in [1.54, 1.807) is 18.0 Å². The molecule has 184 valence electrons. The molecule has 12 heteroatoms. The number of H-pyrrole nitrogens is 1. The number of carbonyl (C=O) groups is 1. The largest absolute Gasteiger partial charge is 0.390 e. The molecule has 0 spiro atoms. The lowest BCUT2D eigenvalue weighted by molar-refractivity contribution is -0.146. The molecule has 1 unspecified atom stereocenters. The van der Waals surface area contributed by atoms with Gasteiger partial charge in [-0.3, -0.25) is 9.89 Å². The van der Waals surface area contributed by atoms with Crippen LogP contribution in [-0.2, 0) is 17.6 Å². The number of thioether (sulfide) groups is 1. The summed E-state index contributed by atoms with van der Waals surface area (Å²) in [5.74, 6) is 0.141. The Balaban J connectivity index is 1.41. The summed E-state index contributed by atoms with van der Waals surface area (Å²) >= 11 is 3.14. The van der Waals surface area contributed by atoms with Crippen LogP contribution < -0.4 is 5.32 Å². The van der Waals surface area contributed by atoms with Crippen LogP contribution in [0.4, 0.5) is 24.7 Å². The van der Waals surface area contributed by atoms with Gasteiger partial charge in [0.05, 0.1) is 29.2 Å². The van der Waals surface area contributed by atoms with Crippen molar-refractivity contribution in [2.75, 3.05) is 25.2 Å². The number of nitrogens with zero attached hydrogens (tertiary/aromatic N) is 4. The third kappa shape index (κ3) is 4.81. The predicted molar refractivity (Wildman–Crippen MR) is 132 cm³/mol. The van der Waals surface area contributed by atoms with Gasteiger partial charge in [0.25, 0.3) is 0 Å². The van der Waals surface area contributed by atoms with Gasteiger partial charge < -0.3 is 10.2 Å². The van der Waals surface area contributed by atoms with E-state index in [1.165, 1.54) is 29.6 Å². The van der Waals surface area contributed by atoms with Crippen molar-refractivity contribution >= 4 is 61.6 Å². The zero-order valence-electron chi connectivity index (χ0n) is 19.1. The van der Waals surface area contributed by atoms with Crippen LogP contribution in [0.5, 0.6) is 0 Å². The Hall–Kier alpha value is -2.86. The summed E-state index contributed by atoms with van der Waals surface area (Å²) < 4.78 is 37.7. The summed E-state index contributed by atoms with van der Waals surface area (Å²) in [5, 5.41) is 12.5. The Morgan fingerprint density at radius 2 is 2.17 bits per heavy atom. The number of aromatic amines is 1. The van der Waals surface area contributed by atoms with Gasteiger partial charge >= 0.3 is 6.18 Å². The number of nitrogens with one attached hydrogen (secondary N) is 2. The van der Waals surface area contributed by atoms with E-state index in [9.17, 15) is 18.0 Å². The predicted octanol–water partition coefficient (Wildman–Crippen LogP) is 5.55. The summed E-state index contributed by atoms with van der Waals surface area (Å²) in [5.41, 5.74) is 2.99. The molecule has 1 amide bonds. The lowest BCUT2D eigenvalue weighted by Crippen LogP contribution is -2.37. The van der Waals surface area contributed by atoms with Gasteiger partial charge in [-0.05, 0) is 43.2 Å². The molecule has 0 aliphatic heterocycles. The molecule has 4 aromatic rings. The maximum absolute atomic E-state index is 12.8. The topological polar surface area (TPSA) is 86.8 Å². The molecule has 1 aliphatic carbocycles. The maximum atomic E-state index is 12.8. The summed E-state index contributed by atoms with van der Waals surface area (Å²) in [6.07, 6.45) is 1.76. The minimum atomic E-state index is -4.28. The molecule has 5 rings (SSSR count). The number of aryl methyl sites for hydroxylation is 1. The quantitative estimate of drug-likeness (QED) is 0.324. The van der Waals surface area contributed by atoms with Crippen molar-refractivity contribution in [2.24, 2.45) is 5.92 Å². The molecule has 0 saturated carbocycles. The van der Waals surface area contributed by atoms with Crippen molar-refractivity contribution in [3.63, 3.8) is 0 Å². The molecule has 1 atom stereocenters. The van der Waals surface area contributed by atoms with E-state index in [0.29, 0.717) is 25.1 Å². The van der Waals surface area contributed by atoms with Crippen molar-refractivity contribution < 1.29 is 18.0 Å². The number of benzene rings is 1. The van der Waals surface area contributed by atoms with Gasteiger partial charge in [0, 0.05) is 34.7 Å². The number of carbonyl (C=O) groups excluding carboxylic acids is 1. The first-order valence-electron chi connectivity index (χ1n) is 11.1.